The maximum atomic E-state index is 12.1. The molecule has 0 aliphatic rings. The lowest BCUT2D eigenvalue weighted by Crippen LogP contribution is -2.11. The van der Waals surface area contributed by atoms with Crippen LogP contribution in [0, 0.1) is 0 Å². The summed E-state index contributed by atoms with van der Waals surface area (Å²) in [4.78, 5) is 20.7. The van der Waals surface area contributed by atoms with Crippen LogP contribution in [0.3, 0.4) is 0 Å². The molecule has 0 atom stereocenters. The van der Waals surface area contributed by atoms with E-state index in [0.717, 1.165) is 11.1 Å². The van der Waals surface area contributed by atoms with Gasteiger partial charge in [-0.1, -0.05) is 32.9 Å². The van der Waals surface area contributed by atoms with E-state index >= 15 is 0 Å². The van der Waals surface area contributed by atoms with Crippen LogP contribution in [0.5, 0.6) is 0 Å². The van der Waals surface area contributed by atoms with E-state index in [2.05, 4.69) is 30.7 Å². The summed E-state index contributed by atoms with van der Waals surface area (Å²) in [7, 11) is 0. The van der Waals surface area contributed by atoms with Gasteiger partial charge in [-0.05, 0) is 23.6 Å². The summed E-state index contributed by atoms with van der Waals surface area (Å²) in [5.74, 6) is 0.280. The molecule has 0 unspecified atom stereocenters. The molecule has 4 rings (SSSR count). The second-order valence-corrected chi connectivity index (χ2v) is 6.42. The minimum absolute atomic E-state index is 0.0915. The van der Waals surface area contributed by atoms with Crippen LogP contribution in [-0.2, 0) is 5.41 Å². The molecular formula is C17H15N3O2. The highest BCUT2D eigenvalue weighted by atomic mass is 16.4. The van der Waals surface area contributed by atoms with Crippen LogP contribution in [0.1, 0.15) is 26.3 Å². The van der Waals surface area contributed by atoms with Crippen molar-refractivity contribution in [2.45, 2.75) is 26.2 Å². The first kappa shape index (κ1) is 13.0. The highest BCUT2D eigenvalue weighted by Crippen LogP contribution is 2.31. The zero-order valence-electron chi connectivity index (χ0n) is 12.6. The van der Waals surface area contributed by atoms with E-state index in [1.807, 2.05) is 24.3 Å². The molecule has 110 valence electrons. The Bertz CT molecular complexity index is 1080. The third-order valence-corrected chi connectivity index (χ3v) is 3.86. The second kappa shape index (κ2) is 4.16. The quantitative estimate of drug-likeness (QED) is 0.499. The fourth-order valence-corrected chi connectivity index (χ4v) is 2.80. The van der Waals surface area contributed by atoms with Crippen molar-refractivity contribution in [2.24, 2.45) is 0 Å². The Balaban J connectivity index is 2.30. The van der Waals surface area contributed by atoms with Crippen molar-refractivity contribution in [1.29, 1.82) is 0 Å². The number of rotatable bonds is 0. The van der Waals surface area contributed by atoms with Gasteiger partial charge in [0.2, 0.25) is 0 Å². The molecule has 0 amide bonds. The third kappa shape index (κ3) is 1.68. The van der Waals surface area contributed by atoms with Gasteiger partial charge in [-0.25, -0.2) is 9.38 Å². The number of hydrogen-bond acceptors (Lipinski definition) is 4. The molecule has 5 heteroatoms. The molecule has 0 spiro atoms. The average Bonchev–Trinajstić information content (AvgIpc) is 2.84. The number of oxazole rings is 1. The Morgan fingerprint density at radius 2 is 1.91 bits per heavy atom. The SMILES string of the molecule is CC(C)(C)c1ccnc2c1oc1nc(=O)c3ccccc3n12. The fraction of sp³-hybridized carbons (Fsp3) is 0.235. The molecule has 1 aromatic carbocycles. The molecule has 0 aliphatic heterocycles. The predicted molar refractivity (Wildman–Crippen MR) is 85.2 cm³/mol. The van der Waals surface area contributed by atoms with E-state index in [9.17, 15) is 4.79 Å². The van der Waals surface area contributed by atoms with E-state index in [4.69, 9.17) is 4.42 Å². The molecule has 0 N–H and O–H groups in total. The van der Waals surface area contributed by atoms with Gasteiger partial charge in [-0.15, -0.1) is 0 Å². The van der Waals surface area contributed by atoms with E-state index < -0.39 is 0 Å². The summed E-state index contributed by atoms with van der Waals surface area (Å²) in [6.07, 6.45) is 1.77. The first-order valence-electron chi connectivity index (χ1n) is 7.16. The molecule has 0 fully saturated rings. The summed E-state index contributed by atoms with van der Waals surface area (Å²) in [6.45, 7) is 6.35. The van der Waals surface area contributed by atoms with Gasteiger partial charge >= 0.3 is 5.84 Å². The normalized spacial score (nSPS) is 12.5. The monoisotopic (exact) mass is 293 g/mol. The van der Waals surface area contributed by atoms with Crippen molar-refractivity contribution >= 4 is 28.0 Å². The highest BCUT2D eigenvalue weighted by Gasteiger charge is 2.22. The molecule has 0 radical (unpaired) electrons. The zero-order chi connectivity index (χ0) is 15.5. The first-order chi connectivity index (χ1) is 10.5. The van der Waals surface area contributed by atoms with Crippen molar-refractivity contribution in [3.63, 3.8) is 0 Å². The largest absolute Gasteiger partial charge is 0.421 e. The summed E-state index contributed by atoms with van der Waals surface area (Å²) in [5.41, 5.74) is 2.79. The van der Waals surface area contributed by atoms with Crippen molar-refractivity contribution < 1.29 is 4.42 Å². The summed E-state index contributed by atoms with van der Waals surface area (Å²) < 4.78 is 7.70. The Kier molecular flexibility index (Phi) is 2.46. The predicted octanol–water partition coefficient (Wildman–Crippen LogP) is 3.29. The van der Waals surface area contributed by atoms with Gasteiger partial charge in [-0.2, -0.15) is 4.98 Å². The van der Waals surface area contributed by atoms with E-state index in [1.54, 1.807) is 16.7 Å². The lowest BCUT2D eigenvalue weighted by Gasteiger charge is -2.18. The van der Waals surface area contributed by atoms with E-state index in [-0.39, 0.29) is 16.8 Å². The molecule has 0 aliphatic carbocycles. The Hall–Kier alpha value is -2.69. The molecule has 0 bridgehead atoms. The third-order valence-electron chi connectivity index (χ3n) is 3.86. The van der Waals surface area contributed by atoms with Crippen LogP contribution >= 0.6 is 0 Å². The van der Waals surface area contributed by atoms with Gasteiger partial charge in [-0.3, -0.25) is 4.79 Å². The van der Waals surface area contributed by atoms with Crippen LogP contribution in [0.15, 0.2) is 45.7 Å². The number of pyridine rings is 1. The summed E-state index contributed by atoms with van der Waals surface area (Å²) in [5, 5.41) is 0.561. The van der Waals surface area contributed by atoms with E-state index in [1.165, 1.54) is 0 Å². The number of nitrogens with zero attached hydrogens (tertiary/aromatic N) is 3. The smallest absolute Gasteiger partial charge is 0.312 e. The van der Waals surface area contributed by atoms with Gasteiger partial charge < -0.3 is 4.42 Å². The number of benzene rings is 1. The summed E-state index contributed by atoms with van der Waals surface area (Å²) >= 11 is 0. The van der Waals surface area contributed by atoms with Gasteiger partial charge in [0.15, 0.2) is 11.2 Å². The Morgan fingerprint density at radius 1 is 1.14 bits per heavy atom. The molecule has 22 heavy (non-hydrogen) atoms. The minimum Gasteiger partial charge on any atom is -0.421 e. The van der Waals surface area contributed by atoms with Crippen LogP contribution in [-0.4, -0.2) is 14.4 Å². The first-order valence-corrected chi connectivity index (χ1v) is 7.16. The van der Waals surface area contributed by atoms with Gasteiger partial charge in [0.1, 0.15) is 0 Å². The second-order valence-electron chi connectivity index (χ2n) is 6.42. The standard InChI is InChI=1S/C17H15N3O2/c1-17(2,3)11-8-9-18-14-13(11)22-16-19-15(21)10-6-4-5-7-12(10)20(14)16/h4-9H,1-3H3. The van der Waals surface area contributed by atoms with Crippen LogP contribution in [0.4, 0.5) is 0 Å². The average molecular weight is 293 g/mol. The molecule has 0 saturated carbocycles. The molecule has 5 nitrogen and oxygen atoms in total. The Labute approximate surface area is 126 Å². The van der Waals surface area contributed by atoms with Crippen molar-refractivity contribution in [3.05, 3.63) is 52.4 Å². The van der Waals surface area contributed by atoms with Crippen molar-refractivity contribution in [1.82, 2.24) is 14.4 Å². The Morgan fingerprint density at radius 3 is 2.68 bits per heavy atom. The van der Waals surface area contributed by atoms with Gasteiger partial charge in [0, 0.05) is 11.8 Å². The highest BCUT2D eigenvalue weighted by molar-refractivity contribution is 5.86. The van der Waals surface area contributed by atoms with E-state index in [0.29, 0.717) is 16.6 Å². The fourth-order valence-electron chi connectivity index (χ4n) is 2.80. The van der Waals surface area contributed by atoms with Crippen molar-refractivity contribution in [3.8, 4) is 0 Å². The summed E-state index contributed by atoms with van der Waals surface area (Å²) in [6, 6.07) is 9.32. The molecule has 4 aromatic rings. The van der Waals surface area contributed by atoms with Crippen LogP contribution in [0.25, 0.3) is 28.0 Å². The number of fused-ring (bicyclic) bond motifs is 5. The molecule has 0 saturated heterocycles. The van der Waals surface area contributed by atoms with Gasteiger partial charge in [0.25, 0.3) is 5.56 Å². The lowest BCUT2D eigenvalue weighted by molar-refractivity contribution is 0.567. The topological polar surface area (TPSA) is 60.4 Å². The van der Waals surface area contributed by atoms with Crippen LogP contribution in [0.2, 0.25) is 0 Å². The van der Waals surface area contributed by atoms with Crippen molar-refractivity contribution in [2.75, 3.05) is 0 Å². The molecule has 3 aromatic heterocycles. The molecular weight excluding hydrogens is 278 g/mol. The minimum atomic E-state index is -0.285. The number of hydrogen-bond donors (Lipinski definition) is 0. The maximum Gasteiger partial charge on any atom is 0.312 e. The number of aromatic nitrogens is 3. The lowest BCUT2D eigenvalue weighted by atomic mass is 9.87. The van der Waals surface area contributed by atoms with Crippen LogP contribution < -0.4 is 5.56 Å². The zero-order valence-corrected chi connectivity index (χ0v) is 12.6. The number of para-hydroxylation sites is 1. The maximum absolute atomic E-state index is 12.1. The molecule has 3 heterocycles. The van der Waals surface area contributed by atoms with Gasteiger partial charge in [0.05, 0.1) is 10.9 Å².